The number of carbonyl (C=O) groups excluding carboxylic acids is 3. The fourth-order valence-corrected chi connectivity index (χ4v) is 3.99. The first-order chi connectivity index (χ1) is 14.2. The van der Waals surface area contributed by atoms with Gasteiger partial charge in [-0.3, -0.25) is 9.59 Å². The normalized spacial score (nSPS) is 18.3. The Morgan fingerprint density at radius 2 is 1.80 bits per heavy atom. The second kappa shape index (κ2) is 9.11. The van der Waals surface area contributed by atoms with Gasteiger partial charge in [0.25, 0.3) is 5.91 Å². The number of imide groups is 1. The molecule has 2 unspecified atom stereocenters. The number of anilines is 1. The van der Waals surface area contributed by atoms with Crippen LogP contribution in [0.3, 0.4) is 0 Å². The number of hydrogen-bond donors (Lipinski definition) is 2. The molecule has 8 heteroatoms. The second-order valence-corrected chi connectivity index (χ2v) is 8.88. The molecule has 2 aromatic carbocycles. The van der Waals surface area contributed by atoms with Crippen molar-refractivity contribution in [1.29, 1.82) is 0 Å². The van der Waals surface area contributed by atoms with E-state index in [2.05, 4.69) is 10.6 Å². The molecule has 0 radical (unpaired) electrons. The fourth-order valence-electron chi connectivity index (χ4n) is 3.53. The third-order valence-corrected chi connectivity index (χ3v) is 5.87. The zero-order valence-corrected chi connectivity index (χ0v) is 19.0. The Kier molecular flexibility index (Phi) is 6.74. The van der Waals surface area contributed by atoms with Gasteiger partial charge in [0.1, 0.15) is 17.9 Å². The van der Waals surface area contributed by atoms with E-state index in [1.165, 1.54) is 12.1 Å². The maximum absolute atomic E-state index is 14.3. The van der Waals surface area contributed by atoms with E-state index in [-0.39, 0.29) is 11.6 Å². The molecule has 1 aliphatic rings. The van der Waals surface area contributed by atoms with Crippen LogP contribution in [0.1, 0.15) is 32.3 Å². The first kappa shape index (κ1) is 22.2. The van der Waals surface area contributed by atoms with Gasteiger partial charge in [-0.2, -0.15) is 0 Å². The molecule has 30 heavy (non-hydrogen) atoms. The fraction of sp³-hybridized carbons (Fsp3) is 0.318. The van der Waals surface area contributed by atoms with Gasteiger partial charge in [-0.1, -0.05) is 51.1 Å². The molecule has 1 heterocycles. The molecule has 0 spiro atoms. The molecule has 1 aliphatic heterocycles. The maximum atomic E-state index is 14.3. The van der Waals surface area contributed by atoms with Gasteiger partial charge in [-0.05, 0) is 52.3 Å². The largest absolute Gasteiger partial charge is 0.326 e. The zero-order chi connectivity index (χ0) is 22.0. The summed E-state index contributed by atoms with van der Waals surface area (Å²) in [5, 5.41) is 5.22. The average molecular weight is 523 g/mol. The lowest BCUT2D eigenvalue weighted by molar-refractivity contribution is -0.135. The molecule has 0 bridgehead atoms. The van der Waals surface area contributed by atoms with Gasteiger partial charge in [-0.25, -0.2) is 14.1 Å². The van der Waals surface area contributed by atoms with Crippen LogP contribution in [0.25, 0.3) is 0 Å². The van der Waals surface area contributed by atoms with Gasteiger partial charge in [0.2, 0.25) is 5.91 Å². The topological polar surface area (TPSA) is 78.5 Å². The summed E-state index contributed by atoms with van der Waals surface area (Å²) in [5.41, 5.74) is 0.785. The van der Waals surface area contributed by atoms with E-state index >= 15 is 0 Å². The maximum Gasteiger partial charge on any atom is 0.325 e. The Morgan fingerprint density at radius 1 is 1.13 bits per heavy atom. The first-order valence-corrected chi connectivity index (χ1v) is 10.7. The van der Waals surface area contributed by atoms with Crippen molar-refractivity contribution < 1.29 is 18.8 Å². The molecule has 158 valence electrons. The number of hydrogen-bond acceptors (Lipinski definition) is 3. The van der Waals surface area contributed by atoms with Crippen LogP contribution in [0.5, 0.6) is 0 Å². The Bertz CT molecular complexity index is 967. The molecule has 0 aromatic heterocycles. The Hall–Kier alpha value is -2.49. The molecule has 4 amide bonds. The van der Waals surface area contributed by atoms with Crippen molar-refractivity contribution in [2.75, 3.05) is 5.32 Å². The molecule has 2 N–H and O–H groups in total. The lowest BCUT2D eigenvalue weighted by Gasteiger charge is -2.30. The number of carbonyl (C=O) groups is 3. The molecule has 0 aliphatic carbocycles. The van der Waals surface area contributed by atoms with E-state index in [4.69, 9.17) is 0 Å². The van der Waals surface area contributed by atoms with Crippen molar-refractivity contribution in [3.8, 4) is 0 Å². The highest BCUT2D eigenvalue weighted by Gasteiger charge is 2.47. The van der Waals surface area contributed by atoms with E-state index in [0.29, 0.717) is 3.57 Å². The lowest BCUT2D eigenvalue weighted by Crippen LogP contribution is -2.50. The number of nitrogens with zero attached hydrogens (tertiary/aromatic N) is 1. The van der Waals surface area contributed by atoms with Gasteiger partial charge >= 0.3 is 6.03 Å². The van der Waals surface area contributed by atoms with E-state index in [1.54, 1.807) is 13.0 Å². The highest BCUT2D eigenvalue weighted by molar-refractivity contribution is 14.1. The number of halogens is 2. The molecule has 3 rings (SSSR count). The third kappa shape index (κ3) is 4.48. The summed E-state index contributed by atoms with van der Waals surface area (Å²) in [7, 11) is 0. The van der Waals surface area contributed by atoms with Gasteiger partial charge in [0.05, 0.1) is 5.69 Å². The molecule has 6 nitrogen and oxygen atoms in total. The Labute approximate surface area is 188 Å². The van der Waals surface area contributed by atoms with Crippen LogP contribution in [-0.2, 0) is 9.59 Å². The van der Waals surface area contributed by atoms with Crippen LogP contribution in [0.2, 0.25) is 0 Å². The number of urea groups is 1. The molecule has 3 atom stereocenters. The minimum atomic E-state index is -1.14. The third-order valence-electron chi connectivity index (χ3n) is 5.20. The summed E-state index contributed by atoms with van der Waals surface area (Å²) in [6, 6.07) is 11.1. The predicted molar refractivity (Wildman–Crippen MR) is 120 cm³/mol. The quantitative estimate of drug-likeness (QED) is 0.442. The van der Waals surface area contributed by atoms with Crippen LogP contribution in [0.4, 0.5) is 14.9 Å². The molecular weight excluding hydrogens is 500 g/mol. The van der Waals surface area contributed by atoms with Crippen molar-refractivity contribution in [2.45, 2.75) is 38.8 Å². The van der Waals surface area contributed by atoms with E-state index in [1.807, 2.05) is 66.8 Å². The summed E-state index contributed by atoms with van der Waals surface area (Å²) in [6.07, 6.45) is 0. The number of amides is 4. The minimum Gasteiger partial charge on any atom is -0.326 e. The summed E-state index contributed by atoms with van der Waals surface area (Å²) >= 11 is 1.97. The van der Waals surface area contributed by atoms with Crippen molar-refractivity contribution in [3.63, 3.8) is 0 Å². The predicted octanol–water partition coefficient (Wildman–Crippen LogP) is 4.12. The van der Waals surface area contributed by atoms with E-state index < -0.39 is 41.7 Å². The van der Waals surface area contributed by atoms with Crippen molar-refractivity contribution in [2.24, 2.45) is 5.92 Å². The van der Waals surface area contributed by atoms with Crippen LogP contribution in [0, 0.1) is 15.3 Å². The van der Waals surface area contributed by atoms with Gasteiger partial charge < -0.3 is 10.6 Å². The van der Waals surface area contributed by atoms with Crippen molar-refractivity contribution >= 4 is 46.1 Å². The zero-order valence-electron chi connectivity index (χ0n) is 16.9. The van der Waals surface area contributed by atoms with Gasteiger partial charge in [-0.15, -0.1) is 0 Å². The summed E-state index contributed by atoms with van der Waals surface area (Å²) < 4.78 is 15.0. The second-order valence-electron chi connectivity index (χ2n) is 7.64. The van der Waals surface area contributed by atoms with Crippen molar-refractivity contribution in [1.82, 2.24) is 10.2 Å². The monoisotopic (exact) mass is 523 g/mol. The highest BCUT2D eigenvalue weighted by atomic mass is 127. The van der Waals surface area contributed by atoms with Gasteiger partial charge in [0, 0.05) is 9.49 Å². The Balaban J connectivity index is 1.98. The van der Waals surface area contributed by atoms with E-state index in [9.17, 15) is 18.8 Å². The standard InChI is InChI=1S/C22H23FIN3O3/c1-12(2)18-21(29)27(22(30)26-18)19(13(3)14-7-5-4-6-8-14)20(28)25-17-10-9-15(24)11-16(17)23/h4-13,18-19H,1-3H3,(H,25,28)(H,26,30)/t13?,18-,19?/m1/s1. The lowest BCUT2D eigenvalue weighted by atomic mass is 9.91. The highest BCUT2D eigenvalue weighted by Crippen LogP contribution is 2.29. The summed E-state index contributed by atoms with van der Waals surface area (Å²) in [4.78, 5) is 39.9. The van der Waals surface area contributed by atoms with Crippen molar-refractivity contribution in [3.05, 3.63) is 63.5 Å². The molecule has 1 fully saturated rings. The number of rotatable bonds is 6. The Morgan fingerprint density at radius 3 is 2.37 bits per heavy atom. The summed E-state index contributed by atoms with van der Waals surface area (Å²) in [6.45, 7) is 5.42. The van der Waals surface area contributed by atoms with Gasteiger partial charge in [0.15, 0.2) is 0 Å². The number of benzene rings is 2. The summed E-state index contributed by atoms with van der Waals surface area (Å²) in [5.74, 6) is -2.30. The minimum absolute atomic E-state index is 0.00172. The average Bonchev–Trinajstić information content (AvgIpc) is 3.00. The number of nitrogens with one attached hydrogen (secondary N) is 2. The van der Waals surface area contributed by atoms with E-state index in [0.717, 1.165) is 10.5 Å². The first-order valence-electron chi connectivity index (χ1n) is 9.65. The molecule has 2 aromatic rings. The van der Waals surface area contributed by atoms with Crippen LogP contribution < -0.4 is 10.6 Å². The van der Waals surface area contributed by atoms with Crippen LogP contribution in [-0.4, -0.2) is 34.8 Å². The molecule has 0 saturated carbocycles. The SMILES string of the molecule is CC(c1ccccc1)C(C(=O)Nc1ccc(I)cc1F)N1C(=O)N[C@H](C(C)C)C1=O. The van der Waals surface area contributed by atoms with Crippen LogP contribution in [0.15, 0.2) is 48.5 Å². The smallest absolute Gasteiger partial charge is 0.325 e. The molecular formula is C22H23FIN3O3. The molecule has 1 saturated heterocycles. The van der Waals surface area contributed by atoms with Crippen LogP contribution >= 0.6 is 22.6 Å².